The number of rotatable bonds is 3. The van der Waals surface area contributed by atoms with Crippen molar-refractivity contribution in [2.75, 3.05) is 36.5 Å². The lowest BCUT2D eigenvalue weighted by Gasteiger charge is -2.26. The van der Waals surface area contributed by atoms with Crippen LogP contribution >= 0.6 is 0 Å². The van der Waals surface area contributed by atoms with E-state index in [1.807, 2.05) is 13.0 Å². The molecule has 98 valence electrons. The zero-order chi connectivity index (χ0) is 13.0. The second-order valence-corrected chi connectivity index (χ2v) is 5.80. The van der Waals surface area contributed by atoms with Crippen molar-refractivity contribution in [3.8, 4) is 0 Å². The first-order valence-electron chi connectivity index (χ1n) is 6.05. The normalized spacial score (nSPS) is 16.6. The molecule has 1 aromatic heterocycles. The molecule has 1 saturated heterocycles. The Labute approximate surface area is 109 Å². The van der Waals surface area contributed by atoms with Crippen LogP contribution in [0, 0.1) is 0 Å². The van der Waals surface area contributed by atoms with Crippen molar-refractivity contribution in [1.29, 1.82) is 0 Å². The summed E-state index contributed by atoms with van der Waals surface area (Å²) in [6, 6.07) is 3.60. The first kappa shape index (κ1) is 13.0. The quantitative estimate of drug-likeness (QED) is 0.876. The minimum Gasteiger partial charge on any atom is -0.385 e. The number of nitrogens with one attached hydrogen (secondary N) is 1. The van der Waals surface area contributed by atoms with Gasteiger partial charge in [0.15, 0.2) is 0 Å². The van der Waals surface area contributed by atoms with E-state index in [2.05, 4.69) is 10.3 Å². The molecule has 0 atom stereocenters. The van der Waals surface area contributed by atoms with Gasteiger partial charge in [0.25, 0.3) is 5.91 Å². The summed E-state index contributed by atoms with van der Waals surface area (Å²) in [5, 5.41) is 3.15. The summed E-state index contributed by atoms with van der Waals surface area (Å²) < 4.78 is 11.3. The molecule has 18 heavy (non-hydrogen) atoms. The molecule has 2 heterocycles. The summed E-state index contributed by atoms with van der Waals surface area (Å²) >= 11 is 0. The van der Waals surface area contributed by atoms with Crippen molar-refractivity contribution in [3.63, 3.8) is 0 Å². The average molecular weight is 267 g/mol. The number of nitrogens with zero attached hydrogens (tertiary/aromatic N) is 2. The first-order valence-corrected chi connectivity index (χ1v) is 7.53. The topological polar surface area (TPSA) is 62.3 Å². The van der Waals surface area contributed by atoms with Gasteiger partial charge < -0.3 is 10.2 Å². The summed E-state index contributed by atoms with van der Waals surface area (Å²) in [6.07, 6.45) is 1.63. The third-order valence-electron chi connectivity index (χ3n) is 2.82. The van der Waals surface area contributed by atoms with Crippen LogP contribution in [0.3, 0.4) is 0 Å². The van der Waals surface area contributed by atoms with Crippen molar-refractivity contribution in [1.82, 2.24) is 9.88 Å². The highest BCUT2D eigenvalue weighted by atomic mass is 32.2. The maximum Gasteiger partial charge on any atom is 0.272 e. The Kier molecular flexibility index (Phi) is 4.30. The fraction of sp³-hybridized carbons (Fsp3) is 0.500. The lowest BCUT2D eigenvalue weighted by Crippen LogP contribution is -2.42. The maximum absolute atomic E-state index is 12.2. The summed E-state index contributed by atoms with van der Waals surface area (Å²) in [4.78, 5) is 18.0. The highest BCUT2D eigenvalue weighted by Crippen LogP contribution is 2.11. The Hall–Kier alpha value is -1.43. The van der Waals surface area contributed by atoms with Crippen molar-refractivity contribution < 1.29 is 9.00 Å². The Balaban J connectivity index is 2.08. The van der Waals surface area contributed by atoms with Crippen LogP contribution in [-0.4, -0.2) is 51.1 Å². The molecule has 1 N–H and O–H groups in total. The van der Waals surface area contributed by atoms with E-state index in [0.29, 0.717) is 30.3 Å². The van der Waals surface area contributed by atoms with Gasteiger partial charge in [0, 0.05) is 53.8 Å². The Bertz CT molecular complexity index is 454. The fourth-order valence-corrected chi connectivity index (χ4v) is 2.92. The zero-order valence-electron chi connectivity index (χ0n) is 10.4. The van der Waals surface area contributed by atoms with Crippen LogP contribution in [0.4, 0.5) is 5.69 Å². The lowest BCUT2D eigenvalue weighted by atomic mass is 10.2. The van der Waals surface area contributed by atoms with Crippen LogP contribution in [0.15, 0.2) is 18.3 Å². The highest BCUT2D eigenvalue weighted by molar-refractivity contribution is 7.85. The average Bonchev–Trinajstić information content (AvgIpc) is 2.39. The molecule has 1 aliphatic rings. The Morgan fingerprint density at radius 1 is 1.50 bits per heavy atom. The number of hydrogen-bond donors (Lipinski definition) is 1. The van der Waals surface area contributed by atoms with E-state index in [1.165, 1.54) is 0 Å². The summed E-state index contributed by atoms with van der Waals surface area (Å²) in [6.45, 7) is 3.92. The Morgan fingerprint density at radius 3 is 2.89 bits per heavy atom. The molecule has 2 rings (SSSR count). The smallest absolute Gasteiger partial charge is 0.272 e. The van der Waals surface area contributed by atoms with E-state index in [4.69, 9.17) is 0 Å². The monoisotopic (exact) mass is 267 g/mol. The van der Waals surface area contributed by atoms with E-state index in [0.717, 1.165) is 12.2 Å². The van der Waals surface area contributed by atoms with Gasteiger partial charge in [0.2, 0.25) is 0 Å². The molecule has 1 aromatic rings. The molecule has 6 heteroatoms. The molecule has 0 spiro atoms. The minimum atomic E-state index is -0.768. The highest BCUT2D eigenvalue weighted by Gasteiger charge is 2.22. The van der Waals surface area contributed by atoms with Gasteiger partial charge in [0.05, 0.1) is 0 Å². The van der Waals surface area contributed by atoms with E-state index < -0.39 is 10.8 Å². The number of hydrogen-bond acceptors (Lipinski definition) is 4. The van der Waals surface area contributed by atoms with E-state index in [1.54, 1.807) is 17.2 Å². The third-order valence-corrected chi connectivity index (χ3v) is 4.10. The Morgan fingerprint density at radius 2 is 2.22 bits per heavy atom. The van der Waals surface area contributed by atoms with Gasteiger partial charge in [-0.15, -0.1) is 0 Å². The molecule has 0 saturated carbocycles. The predicted octanol–water partition coefficient (Wildman–Crippen LogP) is 0.718. The maximum atomic E-state index is 12.2. The molecule has 5 nitrogen and oxygen atoms in total. The number of amides is 1. The van der Waals surface area contributed by atoms with E-state index in [-0.39, 0.29) is 5.91 Å². The third kappa shape index (κ3) is 3.07. The number of carbonyl (C=O) groups is 1. The second-order valence-electron chi connectivity index (χ2n) is 4.10. The molecule has 1 fully saturated rings. The molecular weight excluding hydrogens is 250 g/mol. The molecule has 0 aromatic carbocycles. The van der Waals surface area contributed by atoms with Crippen molar-refractivity contribution in [2.45, 2.75) is 6.92 Å². The van der Waals surface area contributed by atoms with Crippen molar-refractivity contribution in [3.05, 3.63) is 24.0 Å². The van der Waals surface area contributed by atoms with Gasteiger partial charge in [-0.1, -0.05) is 0 Å². The zero-order valence-corrected chi connectivity index (χ0v) is 11.2. The van der Waals surface area contributed by atoms with Crippen molar-refractivity contribution >= 4 is 22.4 Å². The number of anilines is 1. The van der Waals surface area contributed by atoms with Gasteiger partial charge in [-0.3, -0.25) is 14.0 Å². The minimum absolute atomic E-state index is 0.0774. The van der Waals surface area contributed by atoms with E-state index >= 15 is 0 Å². The van der Waals surface area contributed by atoms with Crippen LogP contribution in [-0.2, 0) is 10.8 Å². The summed E-state index contributed by atoms with van der Waals surface area (Å²) in [5.41, 5.74) is 1.34. The number of pyridine rings is 1. The van der Waals surface area contributed by atoms with Crippen LogP contribution in [0.2, 0.25) is 0 Å². The fourth-order valence-electron chi connectivity index (χ4n) is 1.86. The van der Waals surface area contributed by atoms with Crippen LogP contribution < -0.4 is 5.32 Å². The second kappa shape index (κ2) is 5.95. The number of aromatic nitrogens is 1. The van der Waals surface area contributed by atoms with Gasteiger partial charge in [0.1, 0.15) is 5.69 Å². The molecule has 0 unspecified atom stereocenters. The first-order chi connectivity index (χ1) is 8.70. The molecule has 1 aliphatic heterocycles. The summed E-state index contributed by atoms with van der Waals surface area (Å²) in [7, 11) is -0.768. The van der Waals surface area contributed by atoms with Gasteiger partial charge >= 0.3 is 0 Å². The summed E-state index contributed by atoms with van der Waals surface area (Å²) in [5.74, 6) is 1.06. The van der Waals surface area contributed by atoms with Crippen LogP contribution in [0.25, 0.3) is 0 Å². The molecular formula is C12H17N3O2S. The largest absolute Gasteiger partial charge is 0.385 e. The van der Waals surface area contributed by atoms with Gasteiger partial charge in [-0.2, -0.15) is 0 Å². The molecule has 0 radical (unpaired) electrons. The van der Waals surface area contributed by atoms with Gasteiger partial charge in [-0.25, -0.2) is 0 Å². The van der Waals surface area contributed by atoms with Crippen molar-refractivity contribution in [2.24, 2.45) is 0 Å². The number of carbonyl (C=O) groups excluding carboxylic acids is 1. The lowest BCUT2D eigenvalue weighted by molar-refractivity contribution is 0.0765. The SMILES string of the molecule is CCNc1ccnc(C(=O)N2CCS(=O)CC2)c1. The van der Waals surface area contributed by atoms with Crippen LogP contribution in [0.1, 0.15) is 17.4 Å². The molecule has 0 aliphatic carbocycles. The standard InChI is InChI=1S/C12H17N3O2S/c1-2-13-10-3-4-14-11(9-10)12(16)15-5-7-18(17)8-6-15/h3-4,9H,2,5-8H2,1H3,(H,13,14). The molecule has 0 bridgehead atoms. The molecule has 1 amide bonds. The van der Waals surface area contributed by atoms with E-state index in [9.17, 15) is 9.00 Å². The van der Waals surface area contributed by atoms with Crippen LogP contribution in [0.5, 0.6) is 0 Å². The predicted molar refractivity (Wildman–Crippen MR) is 72.2 cm³/mol. The van der Waals surface area contributed by atoms with Gasteiger partial charge in [-0.05, 0) is 19.1 Å².